The second-order valence-electron chi connectivity index (χ2n) is 7.44. The molecule has 5 heterocycles. The molecule has 1 fully saturated rings. The molecule has 3 aromatic heterocycles. The zero-order chi connectivity index (χ0) is 18.4. The smallest absolute Gasteiger partial charge is 0.271 e. The van der Waals surface area contributed by atoms with Crippen molar-refractivity contribution in [2.75, 3.05) is 13.1 Å². The lowest BCUT2D eigenvalue weighted by Crippen LogP contribution is -2.49. The number of hydrogen-bond acceptors (Lipinski definition) is 4. The van der Waals surface area contributed by atoms with Gasteiger partial charge in [-0.1, -0.05) is 6.07 Å². The molecule has 0 bridgehead atoms. The monoisotopic (exact) mass is 378 g/mol. The number of nitrogens with zero attached hydrogens (tertiary/aromatic N) is 4. The Kier molecular flexibility index (Phi) is 4.10. The van der Waals surface area contributed by atoms with Crippen molar-refractivity contribution in [3.05, 3.63) is 76.0 Å². The van der Waals surface area contributed by atoms with Gasteiger partial charge in [-0.2, -0.15) is 0 Å². The molecule has 1 amide bonds. The highest BCUT2D eigenvalue weighted by atomic mass is 32.1. The first-order valence-corrected chi connectivity index (χ1v) is 10.1. The first-order valence-electron chi connectivity index (χ1n) is 9.33. The van der Waals surface area contributed by atoms with E-state index in [0.717, 1.165) is 30.9 Å². The van der Waals surface area contributed by atoms with Gasteiger partial charge in [0.2, 0.25) is 0 Å². The van der Waals surface area contributed by atoms with Gasteiger partial charge in [-0.25, -0.2) is 0 Å². The lowest BCUT2D eigenvalue weighted by Gasteiger charge is -2.38. The summed E-state index contributed by atoms with van der Waals surface area (Å²) in [4.78, 5) is 24.7. The van der Waals surface area contributed by atoms with Gasteiger partial charge in [0.05, 0.1) is 12.1 Å². The molecular formula is C21H22N4OS. The zero-order valence-electron chi connectivity index (χ0n) is 15.3. The Balaban J connectivity index is 1.43. The van der Waals surface area contributed by atoms with Crippen LogP contribution in [-0.4, -0.2) is 44.4 Å². The number of aromatic nitrogens is 2. The van der Waals surface area contributed by atoms with Crippen molar-refractivity contribution in [3.63, 3.8) is 0 Å². The SMILES string of the molecule is Cc1ccc(CN2C[C@@H]3[C@H](C2)N(Cc2cccnc2)C(=O)c2cccn23)s1. The van der Waals surface area contributed by atoms with Crippen LogP contribution < -0.4 is 0 Å². The number of carbonyl (C=O) groups is 1. The van der Waals surface area contributed by atoms with Crippen molar-refractivity contribution in [2.24, 2.45) is 0 Å². The molecule has 0 spiro atoms. The van der Waals surface area contributed by atoms with Gasteiger partial charge in [0.15, 0.2) is 0 Å². The van der Waals surface area contributed by atoms with Gasteiger partial charge >= 0.3 is 0 Å². The van der Waals surface area contributed by atoms with Crippen LogP contribution >= 0.6 is 11.3 Å². The Hall–Kier alpha value is -2.44. The van der Waals surface area contributed by atoms with Crippen molar-refractivity contribution < 1.29 is 4.79 Å². The van der Waals surface area contributed by atoms with E-state index in [2.05, 4.69) is 44.6 Å². The van der Waals surface area contributed by atoms with Gasteiger partial charge in [0.1, 0.15) is 5.69 Å². The van der Waals surface area contributed by atoms with Gasteiger partial charge in [-0.15, -0.1) is 11.3 Å². The summed E-state index contributed by atoms with van der Waals surface area (Å²) >= 11 is 1.86. The Morgan fingerprint density at radius 3 is 2.78 bits per heavy atom. The van der Waals surface area contributed by atoms with E-state index < -0.39 is 0 Å². The van der Waals surface area contributed by atoms with Gasteiger partial charge in [-0.3, -0.25) is 14.7 Å². The molecule has 6 heteroatoms. The normalized spacial score (nSPS) is 22.1. The highest BCUT2D eigenvalue weighted by Crippen LogP contribution is 2.35. The number of thiophene rings is 1. The number of amides is 1. The van der Waals surface area contributed by atoms with Crippen molar-refractivity contribution in [1.82, 2.24) is 19.4 Å². The van der Waals surface area contributed by atoms with Crippen LogP contribution in [0.2, 0.25) is 0 Å². The molecule has 5 nitrogen and oxygen atoms in total. The minimum absolute atomic E-state index is 0.124. The summed E-state index contributed by atoms with van der Waals surface area (Å²) in [6.45, 7) is 5.60. The van der Waals surface area contributed by atoms with Crippen LogP contribution in [0.5, 0.6) is 0 Å². The Morgan fingerprint density at radius 1 is 1.11 bits per heavy atom. The number of carbonyl (C=O) groups excluding carboxylic acids is 1. The number of aryl methyl sites for hydroxylation is 1. The highest BCUT2D eigenvalue weighted by molar-refractivity contribution is 7.11. The molecule has 0 saturated carbocycles. The van der Waals surface area contributed by atoms with E-state index in [0.29, 0.717) is 12.6 Å². The molecule has 5 rings (SSSR count). The summed E-state index contributed by atoms with van der Waals surface area (Å²) in [5.41, 5.74) is 1.88. The highest BCUT2D eigenvalue weighted by Gasteiger charge is 2.44. The van der Waals surface area contributed by atoms with Crippen LogP contribution in [0.15, 0.2) is 55.0 Å². The second kappa shape index (κ2) is 6.62. The van der Waals surface area contributed by atoms with Crippen molar-refractivity contribution in [1.29, 1.82) is 0 Å². The number of fused-ring (bicyclic) bond motifs is 3. The van der Waals surface area contributed by atoms with Crippen LogP contribution in [0.3, 0.4) is 0 Å². The first-order chi connectivity index (χ1) is 13.2. The summed E-state index contributed by atoms with van der Waals surface area (Å²) < 4.78 is 2.19. The lowest BCUT2D eigenvalue weighted by molar-refractivity contribution is 0.0556. The van der Waals surface area contributed by atoms with Gasteiger partial charge in [-0.05, 0) is 42.8 Å². The third kappa shape index (κ3) is 2.99. The van der Waals surface area contributed by atoms with Crippen molar-refractivity contribution in [3.8, 4) is 0 Å². The number of likely N-dealkylation sites (tertiary alicyclic amines) is 1. The predicted molar refractivity (Wildman–Crippen MR) is 106 cm³/mol. The first kappa shape index (κ1) is 16.7. The van der Waals surface area contributed by atoms with E-state index >= 15 is 0 Å². The Morgan fingerprint density at radius 2 is 2.00 bits per heavy atom. The molecule has 0 aliphatic carbocycles. The average Bonchev–Trinajstić information content (AvgIpc) is 3.39. The van der Waals surface area contributed by atoms with Gasteiger partial charge in [0.25, 0.3) is 5.91 Å². The summed E-state index contributed by atoms with van der Waals surface area (Å²) in [5, 5.41) is 0. The summed E-state index contributed by atoms with van der Waals surface area (Å²) in [7, 11) is 0. The van der Waals surface area contributed by atoms with Crippen LogP contribution in [0.4, 0.5) is 0 Å². The summed E-state index contributed by atoms with van der Waals surface area (Å²) in [5.74, 6) is 0.124. The molecule has 2 atom stereocenters. The largest absolute Gasteiger partial charge is 0.337 e. The van der Waals surface area contributed by atoms with Crippen LogP contribution in [-0.2, 0) is 13.1 Å². The van der Waals surface area contributed by atoms with E-state index in [-0.39, 0.29) is 11.9 Å². The van der Waals surface area contributed by atoms with Crippen molar-refractivity contribution in [2.45, 2.75) is 32.1 Å². The lowest BCUT2D eigenvalue weighted by atomic mass is 10.0. The summed E-state index contributed by atoms with van der Waals surface area (Å²) in [6, 6.07) is 12.8. The molecule has 3 aromatic rings. The van der Waals surface area contributed by atoms with E-state index in [4.69, 9.17) is 0 Å². The van der Waals surface area contributed by atoms with E-state index in [1.165, 1.54) is 9.75 Å². The third-order valence-corrected chi connectivity index (χ3v) is 6.59. The van der Waals surface area contributed by atoms with E-state index in [1.54, 1.807) is 6.20 Å². The molecular weight excluding hydrogens is 356 g/mol. The van der Waals surface area contributed by atoms with E-state index in [1.807, 2.05) is 41.8 Å². The molecule has 2 aliphatic heterocycles. The molecule has 0 unspecified atom stereocenters. The standard InChI is InChI=1S/C21H22N4OS/c1-15-6-7-17(27-15)12-23-13-19-20(14-23)25(11-16-4-2-8-22-10-16)21(26)18-5-3-9-24(18)19/h2-10,19-20H,11-14H2,1H3/t19-,20+/m1/s1. The topological polar surface area (TPSA) is 41.4 Å². The maximum absolute atomic E-state index is 13.2. The molecule has 27 heavy (non-hydrogen) atoms. The Labute approximate surface area is 162 Å². The molecule has 138 valence electrons. The fourth-order valence-corrected chi connectivity index (χ4v) is 5.32. The minimum Gasteiger partial charge on any atom is -0.337 e. The summed E-state index contributed by atoms with van der Waals surface area (Å²) in [6.07, 6.45) is 5.69. The Bertz CT molecular complexity index is 963. The number of rotatable bonds is 4. The van der Waals surface area contributed by atoms with Crippen LogP contribution in [0.1, 0.15) is 31.8 Å². The van der Waals surface area contributed by atoms with Crippen LogP contribution in [0, 0.1) is 6.92 Å². The average molecular weight is 379 g/mol. The zero-order valence-corrected chi connectivity index (χ0v) is 16.1. The quantitative estimate of drug-likeness (QED) is 0.699. The van der Waals surface area contributed by atoms with Gasteiger partial charge in [0, 0.05) is 54.5 Å². The predicted octanol–water partition coefficient (Wildman–Crippen LogP) is 3.33. The fourth-order valence-electron chi connectivity index (χ4n) is 4.39. The molecule has 0 N–H and O–H groups in total. The number of pyridine rings is 1. The molecule has 1 saturated heterocycles. The maximum Gasteiger partial charge on any atom is 0.271 e. The maximum atomic E-state index is 13.2. The molecule has 0 aromatic carbocycles. The van der Waals surface area contributed by atoms with Crippen LogP contribution in [0.25, 0.3) is 0 Å². The molecule has 2 aliphatic rings. The number of hydrogen-bond donors (Lipinski definition) is 0. The van der Waals surface area contributed by atoms with Crippen molar-refractivity contribution >= 4 is 17.2 Å². The third-order valence-electron chi connectivity index (χ3n) is 5.60. The van der Waals surface area contributed by atoms with Gasteiger partial charge < -0.3 is 9.47 Å². The van der Waals surface area contributed by atoms with E-state index in [9.17, 15) is 4.79 Å². The second-order valence-corrected chi connectivity index (χ2v) is 8.81. The molecule has 0 radical (unpaired) electrons. The minimum atomic E-state index is 0.124. The fraction of sp³-hybridized carbons (Fsp3) is 0.333.